The fourth-order valence-corrected chi connectivity index (χ4v) is 4.42. The van der Waals surface area contributed by atoms with Crippen molar-refractivity contribution in [2.75, 3.05) is 0 Å². The van der Waals surface area contributed by atoms with E-state index in [1.54, 1.807) is 18.3 Å². The third kappa shape index (κ3) is 4.43. The van der Waals surface area contributed by atoms with Crippen molar-refractivity contribution < 1.29 is 13.9 Å². The van der Waals surface area contributed by atoms with Gasteiger partial charge in [0.1, 0.15) is 18.1 Å². The Bertz CT molecular complexity index is 1550. The molecule has 36 heavy (non-hydrogen) atoms. The minimum absolute atomic E-state index is 0.175. The maximum Gasteiger partial charge on any atom is 0.307 e. The van der Waals surface area contributed by atoms with Gasteiger partial charge in [0.15, 0.2) is 5.76 Å². The summed E-state index contributed by atoms with van der Waals surface area (Å²) in [6.07, 6.45) is 1.67. The Morgan fingerprint density at radius 2 is 1.69 bits per heavy atom. The average Bonchev–Trinajstić information content (AvgIpc) is 3.56. The lowest BCUT2D eigenvalue weighted by atomic mass is 10.1. The topological polar surface area (TPSA) is 73.7 Å². The number of fused-ring (bicyclic) bond motifs is 1. The largest absolute Gasteiger partial charge is 0.486 e. The van der Waals surface area contributed by atoms with Gasteiger partial charge in [0.05, 0.1) is 6.21 Å². The first-order valence-electron chi connectivity index (χ1n) is 11.8. The summed E-state index contributed by atoms with van der Waals surface area (Å²) in [5, 5.41) is 5.24. The molecular weight excluding hydrogens is 452 g/mol. The molecular formula is C29H28N4O3. The van der Waals surface area contributed by atoms with Gasteiger partial charge < -0.3 is 18.3 Å². The number of amides is 1. The first-order chi connectivity index (χ1) is 17.4. The van der Waals surface area contributed by atoms with Crippen molar-refractivity contribution in [3.05, 3.63) is 107 Å². The van der Waals surface area contributed by atoms with Crippen LogP contribution in [0.3, 0.4) is 0 Å². The summed E-state index contributed by atoms with van der Waals surface area (Å²) in [6, 6.07) is 23.5. The molecule has 3 aromatic heterocycles. The molecule has 1 amide bonds. The number of nitrogens with zero attached hydrogens (tertiary/aromatic N) is 3. The van der Waals surface area contributed by atoms with Crippen LogP contribution < -0.4 is 10.2 Å². The first-order valence-corrected chi connectivity index (χ1v) is 11.8. The van der Waals surface area contributed by atoms with Crippen molar-refractivity contribution in [3.63, 3.8) is 0 Å². The molecule has 0 spiro atoms. The number of hydrazone groups is 1. The van der Waals surface area contributed by atoms with Crippen LogP contribution in [0.15, 0.2) is 82.3 Å². The molecule has 0 bridgehead atoms. The van der Waals surface area contributed by atoms with E-state index in [0.29, 0.717) is 5.76 Å². The Morgan fingerprint density at radius 1 is 0.972 bits per heavy atom. The molecule has 5 aromatic rings. The lowest BCUT2D eigenvalue weighted by Gasteiger charge is -2.10. The van der Waals surface area contributed by atoms with Crippen LogP contribution in [0.4, 0.5) is 0 Å². The third-order valence-electron chi connectivity index (χ3n) is 6.44. The summed E-state index contributed by atoms with van der Waals surface area (Å²) in [4.78, 5) is 12.5. The number of hydrogen-bond acceptors (Lipinski definition) is 4. The molecule has 7 nitrogen and oxygen atoms in total. The predicted octanol–water partition coefficient (Wildman–Crippen LogP) is 5.83. The van der Waals surface area contributed by atoms with Gasteiger partial charge in [0, 0.05) is 46.3 Å². The fraction of sp³-hybridized carbons (Fsp3) is 0.172. The van der Waals surface area contributed by atoms with Crippen LogP contribution in [-0.2, 0) is 13.7 Å². The number of ether oxygens (including phenoxy) is 1. The molecule has 7 heteroatoms. The van der Waals surface area contributed by atoms with Crippen molar-refractivity contribution in [1.29, 1.82) is 0 Å². The van der Waals surface area contributed by atoms with Gasteiger partial charge in [0.25, 0.3) is 0 Å². The second kappa shape index (κ2) is 9.62. The molecule has 0 aliphatic carbocycles. The normalized spacial score (nSPS) is 11.4. The number of carbonyl (C=O) groups excluding carboxylic acids is 1. The van der Waals surface area contributed by atoms with Crippen LogP contribution >= 0.6 is 0 Å². The Balaban J connectivity index is 1.19. The Morgan fingerprint density at radius 3 is 2.44 bits per heavy atom. The van der Waals surface area contributed by atoms with Gasteiger partial charge in [-0.25, -0.2) is 5.43 Å². The smallest absolute Gasteiger partial charge is 0.307 e. The molecule has 0 saturated carbocycles. The summed E-state index contributed by atoms with van der Waals surface area (Å²) < 4.78 is 15.8. The molecule has 0 aliphatic rings. The molecule has 182 valence electrons. The zero-order chi connectivity index (χ0) is 25.2. The van der Waals surface area contributed by atoms with Crippen LogP contribution in [0.1, 0.15) is 39.0 Å². The van der Waals surface area contributed by atoms with E-state index in [4.69, 9.17) is 9.15 Å². The first kappa shape index (κ1) is 23.2. The lowest BCUT2D eigenvalue weighted by Crippen LogP contribution is -2.16. The molecule has 0 radical (unpaired) electrons. The second-order valence-electron chi connectivity index (χ2n) is 8.77. The SMILES string of the molecule is Cc1ccc(C)n1-c1ccc(OCc2ccc(C(=O)NN=Cc3c(C)n(C)c4ccccc34)o2)cc1. The summed E-state index contributed by atoms with van der Waals surface area (Å²) in [7, 11) is 2.01. The minimum atomic E-state index is -0.419. The highest BCUT2D eigenvalue weighted by Crippen LogP contribution is 2.23. The van der Waals surface area contributed by atoms with E-state index in [1.807, 2.05) is 56.4 Å². The van der Waals surface area contributed by atoms with E-state index in [2.05, 4.69) is 51.7 Å². The highest BCUT2D eigenvalue weighted by atomic mass is 16.5. The molecule has 0 fully saturated rings. The molecule has 0 aliphatic heterocycles. The Kier molecular flexibility index (Phi) is 6.21. The van der Waals surface area contributed by atoms with Crippen LogP contribution in [-0.4, -0.2) is 21.3 Å². The number of furan rings is 1. The van der Waals surface area contributed by atoms with E-state index >= 15 is 0 Å². The van der Waals surface area contributed by atoms with Crippen molar-refractivity contribution in [2.45, 2.75) is 27.4 Å². The monoisotopic (exact) mass is 480 g/mol. The van der Waals surface area contributed by atoms with E-state index in [0.717, 1.165) is 33.6 Å². The summed E-state index contributed by atoms with van der Waals surface area (Å²) in [5.74, 6) is 1.03. The molecule has 1 N–H and O–H groups in total. The predicted molar refractivity (Wildman–Crippen MR) is 141 cm³/mol. The maximum atomic E-state index is 12.5. The average molecular weight is 481 g/mol. The number of aromatic nitrogens is 2. The number of nitrogens with one attached hydrogen (secondary N) is 1. The van der Waals surface area contributed by atoms with Gasteiger partial charge in [-0.1, -0.05) is 18.2 Å². The fourth-order valence-electron chi connectivity index (χ4n) is 4.42. The van der Waals surface area contributed by atoms with Gasteiger partial charge in [0.2, 0.25) is 0 Å². The Labute approximate surface area is 209 Å². The van der Waals surface area contributed by atoms with Gasteiger partial charge >= 0.3 is 5.91 Å². The van der Waals surface area contributed by atoms with E-state index in [1.165, 1.54) is 11.4 Å². The zero-order valence-corrected chi connectivity index (χ0v) is 20.8. The molecule has 5 rings (SSSR count). The van der Waals surface area contributed by atoms with Crippen LogP contribution in [0.25, 0.3) is 16.6 Å². The minimum Gasteiger partial charge on any atom is -0.486 e. The van der Waals surface area contributed by atoms with Gasteiger partial charge in [-0.3, -0.25) is 4.79 Å². The number of hydrogen-bond donors (Lipinski definition) is 1. The number of para-hydroxylation sites is 1. The van der Waals surface area contributed by atoms with Gasteiger partial charge in [-0.2, -0.15) is 5.10 Å². The molecule has 0 atom stereocenters. The quantitative estimate of drug-likeness (QED) is 0.235. The van der Waals surface area contributed by atoms with Crippen LogP contribution in [0, 0.1) is 20.8 Å². The third-order valence-corrected chi connectivity index (χ3v) is 6.44. The van der Waals surface area contributed by atoms with Gasteiger partial charge in [-0.15, -0.1) is 0 Å². The maximum absolute atomic E-state index is 12.5. The molecule has 3 heterocycles. The number of aryl methyl sites for hydroxylation is 3. The second-order valence-corrected chi connectivity index (χ2v) is 8.77. The lowest BCUT2D eigenvalue weighted by molar-refractivity contribution is 0.0923. The zero-order valence-electron chi connectivity index (χ0n) is 20.8. The molecule has 2 aromatic carbocycles. The van der Waals surface area contributed by atoms with E-state index in [-0.39, 0.29) is 12.4 Å². The molecule has 0 saturated heterocycles. The molecule has 0 unspecified atom stereocenters. The van der Waals surface area contributed by atoms with Gasteiger partial charge in [-0.05, 0) is 75.4 Å². The summed E-state index contributed by atoms with van der Waals surface area (Å²) in [5.41, 5.74) is 9.14. The highest BCUT2D eigenvalue weighted by molar-refractivity contribution is 6.01. The Hall–Kier alpha value is -4.52. The van der Waals surface area contributed by atoms with Crippen molar-refractivity contribution in [3.8, 4) is 11.4 Å². The van der Waals surface area contributed by atoms with E-state index < -0.39 is 5.91 Å². The van der Waals surface area contributed by atoms with E-state index in [9.17, 15) is 4.79 Å². The number of rotatable bonds is 7. The van der Waals surface area contributed by atoms with Crippen LogP contribution in [0.5, 0.6) is 5.75 Å². The number of benzene rings is 2. The highest BCUT2D eigenvalue weighted by Gasteiger charge is 2.13. The van der Waals surface area contributed by atoms with Crippen molar-refractivity contribution >= 4 is 23.0 Å². The van der Waals surface area contributed by atoms with Crippen molar-refractivity contribution in [1.82, 2.24) is 14.6 Å². The van der Waals surface area contributed by atoms with Crippen molar-refractivity contribution in [2.24, 2.45) is 12.1 Å². The summed E-state index contributed by atoms with van der Waals surface area (Å²) in [6.45, 7) is 6.40. The summed E-state index contributed by atoms with van der Waals surface area (Å²) >= 11 is 0. The standard InChI is InChI=1S/C29H28N4O3/c1-19-9-10-20(2)33(19)22-11-13-23(14-12-22)35-18-24-15-16-28(36-24)29(34)31-30-17-26-21(3)32(4)27-8-6-5-7-25(26)27/h5-17H,18H2,1-4H3,(H,31,34). The number of carbonyl (C=O) groups is 1. The van der Waals surface area contributed by atoms with Crippen LogP contribution in [0.2, 0.25) is 0 Å².